The average molecular weight is 298 g/mol. The molecule has 112 valence electrons. The molecule has 1 saturated heterocycles. The molecule has 0 aromatic carbocycles. The zero-order valence-electron chi connectivity index (χ0n) is 11.6. The molecule has 1 aromatic rings. The van der Waals surface area contributed by atoms with Crippen LogP contribution in [0.5, 0.6) is 0 Å². The standard InChI is InChI=1S/C14H22N2O3S/c17-8-5-12-3-1-2-6-16(12)7-4-13-15-11(10-20-13)9-14(18)19/h10,12,17H,1-9H2,(H,18,19). The lowest BCUT2D eigenvalue weighted by molar-refractivity contribution is -0.136. The smallest absolute Gasteiger partial charge is 0.309 e. The maximum absolute atomic E-state index is 10.6. The van der Waals surface area contributed by atoms with Gasteiger partial charge in [-0.1, -0.05) is 6.42 Å². The van der Waals surface area contributed by atoms with Crippen LogP contribution in [0.15, 0.2) is 5.38 Å². The van der Waals surface area contributed by atoms with Gasteiger partial charge in [-0.3, -0.25) is 9.69 Å². The summed E-state index contributed by atoms with van der Waals surface area (Å²) in [6, 6.07) is 0.493. The predicted octanol–water partition coefficient (Wildman–Crippen LogP) is 1.55. The molecule has 1 aromatic heterocycles. The highest BCUT2D eigenvalue weighted by atomic mass is 32.1. The molecule has 20 heavy (non-hydrogen) atoms. The maximum Gasteiger partial charge on any atom is 0.309 e. The van der Waals surface area contributed by atoms with E-state index in [1.165, 1.54) is 19.3 Å². The summed E-state index contributed by atoms with van der Waals surface area (Å²) in [7, 11) is 0. The number of aromatic nitrogens is 1. The van der Waals surface area contributed by atoms with E-state index in [9.17, 15) is 4.79 Å². The van der Waals surface area contributed by atoms with Crippen molar-refractivity contribution >= 4 is 17.3 Å². The molecular formula is C14H22N2O3S. The van der Waals surface area contributed by atoms with E-state index in [1.54, 1.807) is 11.3 Å². The fraction of sp³-hybridized carbons (Fsp3) is 0.714. The monoisotopic (exact) mass is 298 g/mol. The van der Waals surface area contributed by atoms with E-state index in [4.69, 9.17) is 10.2 Å². The third kappa shape index (κ3) is 4.54. The molecule has 1 unspecified atom stereocenters. The van der Waals surface area contributed by atoms with E-state index in [2.05, 4.69) is 9.88 Å². The van der Waals surface area contributed by atoms with E-state index in [1.807, 2.05) is 5.38 Å². The predicted molar refractivity (Wildman–Crippen MR) is 78.1 cm³/mol. The van der Waals surface area contributed by atoms with Gasteiger partial charge in [0, 0.05) is 31.0 Å². The normalized spacial score (nSPS) is 20.1. The minimum Gasteiger partial charge on any atom is -0.481 e. The fourth-order valence-electron chi connectivity index (χ4n) is 2.77. The van der Waals surface area contributed by atoms with Crippen molar-refractivity contribution in [1.82, 2.24) is 9.88 Å². The second kappa shape index (κ2) is 7.71. The molecule has 2 heterocycles. The Labute approximate surface area is 123 Å². The first kappa shape index (κ1) is 15.4. The van der Waals surface area contributed by atoms with Crippen LogP contribution in [-0.4, -0.2) is 51.8 Å². The number of aliphatic hydroxyl groups is 1. The van der Waals surface area contributed by atoms with Crippen LogP contribution in [-0.2, 0) is 17.6 Å². The van der Waals surface area contributed by atoms with Crippen LogP contribution >= 0.6 is 11.3 Å². The van der Waals surface area contributed by atoms with Gasteiger partial charge in [0.2, 0.25) is 0 Å². The van der Waals surface area contributed by atoms with Crippen molar-refractivity contribution in [3.8, 4) is 0 Å². The Bertz CT molecular complexity index is 434. The molecule has 0 bridgehead atoms. The fourth-order valence-corrected chi connectivity index (χ4v) is 3.56. The zero-order valence-corrected chi connectivity index (χ0v) is 12.4. The number of aliphatic carboxylic acids is 1. The van der Waals surface area contributed by atoms with Crippen LogP contribution in [0.4, 0.5) is 0 Å². The summed E-state index contributed by atoms with van der Waals surface area (Å²) in [6.07, 6.45) is 5.37. The molecule has 6 heteroatoms. The van der Waals surface area contributed by atoms with Gasteiger partial charge in [-0.05, 0) is 25.8 Å². The SMILES string of the molecule is O=C(O)Cc1csc(CCN2CCCCC2CCO)n1. The van der Waals surface area contributed by atoms with E-state index in [0.29, 0.717) is 11.7 Å². The maximum atomic E-state index is 10.6. The number of hydrogen-bond donors (Lipinski definition) is 2. The van der Waals surface area contributed by atoms with Crippen LogP contribution < -0.4 is 0 Å². The largest absolute Gasteiger partial charge is 0.481 e. The Hall–Kier alpha value is -0.980. The molecule has 1 aliphatic heterocycles. The molecule has 1 fully saturated rings. The minimum absolute atomic E-state index is 0.00729. The van der Waals surface area contributed by atoms with Crippen molar-refractivity contribution < 1.29 is 15.0 Å². The third-order valence-corrected chi connectivity index (χ3v) is 4.71. The molecule has 1 aliphatic rings. The summed E-state index contributed by atoms with van der Waals surface area (Å²) in [6.45, 7) is 2.30. The Kier molecular flexibility index (Phi) is 5.94. The van der Waals surface area contributed by atoms with Crippen molar-refractivity contribution in [1.29, 1.82) is 0 Å². The molecule has 0 radical (unpaired) electrons. The first-order chi connectivity index (χ1) is 9.69. The number of aliphatic hydroxyl groups excluding tert-OH is 1. The quantitative estimate of drug-likeness (QED) is 0.799. The van der Waals surface area contributed by atoms with Gasteiger partial charge in [0.25, 0.3) is 0 Å². The zero-order chi connectivity index (χ0) is 14.4. The summed E-state index contributed by atoms with van der Waals surface area (Å²) in [4.78, 5) is 17.4. The first-order valence-electron chi connectivity index (χ1n) is 7.19. The van der Waals surface area contributed by atoms with Crippen LogP contribution in [0, 0.1) is 0 Å². The molecule has 0 amide bonds. The topological polar surface area (TPSA) is 73.7 Å². The average Bonchev–Trinajstić information content (AvgIpc) is 2.85. The second-order valence-electron chi connectivity index (χ2n) is 5.25. The number of hydrogen-bond acceptors (Lipinski definition) is 5. The van der Waals surface area contributed by atoms with Gasteiger partial charge >= 0.3 is 5.97 Å². The number of piperidine rings is 1. The lowest BCUT2D eigenvalue weighted by Crippen LogP contribution is -2.41. The molecule has 5 nitrogen and oxygen atoms in total. The second-order valence-corrected chi connectivity index (χ2v) is 6.19. The lowest BCUT2D eigenvalue weighted by Gasteiger charge is -2.35. The number of rotatable bonds is 7. The number of likely N-dealkylation sites (tertiary alicyclic amines) is 1. The van der Waals surface area contributed by atoms with Crippen molar-refractivity contribution in [3.63, 3.8) is 0 Å². The molecule has 0 saturated carbocycles. The highest BCUT2D eigenvalue weighted by molar-refractivity contribution is 7.09. The van der Waals surface area contributed by atoms with Crippen molar-refractivity contribution in [3.05, 3.63) is 16.1 Å². The lowest BCUT2D eigenvalue weighted by atomic mass is 9.99. The highest BCUT2D eigenvalue weighted by Crippen LogP contribution is 2.20. The Morgan fingerprint density at radius 1 is 1.50 bits per heavy atom. The summed E-state index contributed by atoms with van der Waals surface area (Å²) in [5.74, 6) is -0.833. The van der Waals surface area contributed by atoms with Crippen molar-refractivity contribution in [2.24, 2.45) is 0 Å². The van der Waals surface area contributed by atoms with E-state index in [-0.39, 0.29) is 13.0 Å². The number of carboxylic acid groups (broad SMARTS) is 1. The van der Waals surface area contributed by atoms with Crippen molar-refractivity contribution in [2.75, 3.05) is 19.7 Å². The van der Waals surface area contributed by atoms with E-state index < -0.39 is 5.97 Å². The molecule has 0 spiro atoms. The van der Waals surface area contributed by atoms with E-state index >= 15 is 0 Å². The summed E-state index contributed by atoms with van der Waals surface area (Å²) >= 11 is 1.54. The van der Waals surface area contributed by atoms with Gasteiger partial charge in [0.1, 0.15) is 0 Å². The molecular weight excluding hydrogens is 276 g/mol. The molecule has 0 aliphatic carbocycles. The molecule has 1 atom stereocenters. The van der Waals surface area contributed by atoms with Crippen LogP contribution in [0.2, 0.25) is 0 Å². The van der Waals surface area contributed by atoms with Crippen LogP contribution in [0.1, 0.15) is 36.4 Å². The molecule has 2 rings (SSSR count). The highest BCUT2D eigenvalue weighted by Gasteiger charge is 2.21. The van der Waals surface area contributed by atoms with Gasteiger partial charge in [-0.25, -0.2) is 4.98 Å². The summed E-state index contributed by atoms with van der Waals surface area (Å²) in [5.41, 5.74) is 0.656. The number of carboxylic acids is 1. The van der Waals surface area contributed by atoms with Crippen molar-refractivity contribution in [2.45, 2.75) is 44.6 Å². The minimum atomic E-state index is -0.833. The number of nitrogens with zero attached hydrogens (tertiary/aromatic N) is 2. The van der Waals surface area contributed by atoms with Gasteiger partial charge in [-0.2, -0.15) is 0 Å². The Morgan fingerprint density at radius 3 is 3.10 bits per heavy atom. The van der Waals surface area contributed by atoms with Crippen LogP contribution in [0.25, 0.3) is 0 Å². The number of carbonyl (C=O) groups is 1. The van der Waals surface area contributed by atoms with Gasteiger partial charge in [0.15, 0.2) is 0 Å². The van der Waals surface area contributed by atoms with Gasteiger partial charge < -0.3 is 10.2 Å². The van der Waals surface area contributed by atoms with E-state index in [0.717, 1.165) is 30.9 Å². The third-order valence-electron chi connectivity index (χ3n) is 3.76. The summed E-state index contributed by atoms with van der Waals surface area (Å²) in [5, 5.41) is 20.7. The summed E-state index contributed by atoms with van der Waals surface area (Å²) < 4.78 is 0. The molecule has 2 N–H and O–H groups in total. The van der Waals surface area contributed by atoms with Gasteiger partial charge in [-0.15, -0.1) is 11.3 Å². The Balaban J connectivity index is 1.83. The number of thiazole rings is 1. The first-order valence-corrected chi connectivity index (χ1v) is 8.07. The van der Waals surface area contributed by atoms with Gasteiger partial charge in [0.05, 0.1) is 17.1 Å². The Morgan fingerprint density at radius 2 is 2.35 bits per heavy atom. The van der Waals surface area contributed by atoms with Crippen LogP contribution in [0.3, 0.4) is 0 Å².